The lowest BCUT2D eigenvalue weighted by atomic mass is 9.89. The van der Waals surface area contributed by atoms with Crippen LogP contribution < -0.4 is 5.73 Å². The van der Waals surface area contributed by atoms with Crippen molar-refractivity contribution < 1.29 is 5.11 Å². The molecule has 1 aromatic rings. The summed E-state index contributed by atoms with van der Waals surface area (Å²) < 4.78 is 0. The van der Waals surface area contributed by atoms with Crippen molar-refractivity contribution in [3.63, 3.8) is 0 Å². The van der Waals surface area contributed by atoms with Gasteiger partial charge in [-0.15, -0.1) is 11.3 Å². The van der Waals surface area contributed by atoms with Gasteiger partial charge < -0.3 is 10.8 Å². The predicted octanol–water partition coefficient (Wildman–Crippen LogP) is 1.88. The number of thiophene rings is 1. The molecule has 0 aliphatic heterocycles. The van der Waals surface area contributed by atoms with Gasteiger partial charge in [-0.25, -0.2) is 0 Å². The maximum Gasteiger partial charge on any atom is 0.0611 e. The maximum atomic E-state index is 9.18. The lowest BCUT2D eigenvalue weighted by molar-refractivity contribution is 0.208. The molecule has 0 aromatic carbocycles. The van der Waals surface area contributed by atoms with Gasteiger partial charge in [-0.05, 0) is 55.5 Å². The van der Waals surface area contributed by atoms with Gasteiger partial charge in [0.15, 0.2) is 0 Å². The van der Waals surface area contributed by atoms with E-state index in [0.717, 1.165) is 6.42 Å². The van der Waals surface area contributed by atoms with Crippen LogP contribution in [-0.2, 0) is 19.3 Å². The van der Waals surface area contributed by atoms with Crippen molar-refractivity contribution in [1.29, 1.82) is 0 Å². The lowest BCUT2D eigenvalue weighted by Gasteiger charge is -2.22. The van der Waals surface area contributed by atoms with Crippen molar-refractivity contribution in [2.75, 3.05) is 6.61 Å². The fourth-order valence-corrected chi connectivity index (χ4v) is 3.35. The first-order chi connectivity index (χ1) is 7.12. The highest BCUT2D eigenvalue weighted by Crippen LogP contribution is 2.31. The summed E-state index contributed by atoms with van der Waals surface area (Å²) in [4.78, 5) is 1.55. The molecule has 1 atom stereocenters. The zero-order valence-electron chi connectivity index (χ0n) is 9.25. The minimum absolute atomic E-state index is 0.0532. The summed E-state index contributed by atoms with van der Waals surface area (Å²) >= 11 is 1.87. The average molecular weight is 225 g/mol. The van der Waals surface area contributed by atoms with E-state index in [9.17, 15) is 5.11 Å². The van der Waals surface area contributed by atoms with Gasteiger partial charge in [-0.1, -0.05) is 0 Å². The molecule has 3 N–H and O–H groups in total. The third kappa shape index (κ3) is 2.41. The third-order valence-electron chi connectivity index (χ3n) is 3.10. The molecule has 0 bridgehead atoms. The van der Waals surface area contributed by atoms with E-state index in [1.54, 1.807) is 4.88 Å². The van der Waals surface area contributed by atoms with Gasteiger partial charge in [-0.3, -0.25) is 0 Å². The zero-order chi connectivity index (χ0) is 10.9. The Morgan fingerprint density at radius 1 is 1.47 bits per heavy atom. The molecular formula is C12H19NOS. The topological polar surface area (TPSA) is 46.2 Å². The van der Waals surface area contributed by atoms with Crippen LogP contribution in [0.2, 0.25) is 0 Å². The number of aryl methyl sites for hydroxylation is 1. The standard InChI is InChI=1S/C12H19NOS/c1-12(13,8-14)6-9-7-15-11-5-3-2-4-10(9)11/h7,14H,2-6,8,13H2,1H3. The molecule has 0 radical (unpaired) electrons. The lowest BCUT2D eigenvalue weighted by Crippen LogP contribution is -2.42. The summed E-state index contributed by atoms with van der Waals surface area (Å²) in [5, 5.41) is 11.4. The third-order valence-corrected chi connectivity index (χ3v) is 4.24. The van der Waals surface area contributed by atoms with Crippen LogP contribution in [0.25, 0.3) is 0 Å². The molecule has 1 aliphatic carbocycles. The van der Waals surface area contributed by atoms with E-state index >= 15 is 0 Å². The van der Waals surface area contributed by atoms with E-state index in [1.165, 1.54) is 36.8 Å². The van der Waals surface area contributed by atoms with E-state index in [1.807, 2.05) is 18.3 Å². The molecule has 1 aliphatic rings. The van der Waals surface area contributed by atoms with E-state index in [-0.39, 0.29) is 6.61 Å². The summed E-state index contributed by atoms with van der Waals surface area (Å²) in [5.74, 6) is 0. The van der Waals surface area contributed by atoms with Gasteiger partial charge in [0.25, 0.3) is 0 Å². The van der Waals surface area contributed by atoms with E-state index < -0.39 is 5.54 Å². The minimum atomic E-state index is -0.466. The maximum absolute atomic E-state index is 9.18. The largest absolute Gasteiger partial charge is 0.394 e. The SMILES string of the molecule is CC(N)(CO)Cc1csc2c1CCCC2. The van der Waals surface area contributed by atoms with E-state index in [4.69, 9.17) is 5.73 Å². The Morgan fingerprint density at radius 3 is 2.93 bits per heavy atom. The summed E-state index contributed by atoms with van der Waals surface area (Å²) in [6.45, 7) is 1.97. The van der Waals surface area contributed by atoms with Crippen LogP contribution in [0.4, 0.5) is 0 Å². The molecule has 1 unspecified atom stereocenters. The monoisotopic (exact) mass is 225 g/mol. The summed E-state index contributed by atoms with van der Waals surface area (Å²) in [6.07, 6.45) is 5.87. The molecule has 15 heavy (non-hydrogen) atoms. The van der Waals surface area contributed by atoms with Crippen LogP contribution >= 0.6 is 11.3 Å². The van der Waals surface area contributed by atoms with Crippen molar-refractivity contribution in [2.45, 2.75) is 44.6 Å². The van der Waals surface area contributed by atoms with Crippen molar-refractivity contribution in [1.82, 2.24) is 0 Å². The minimum Gasteiger partial charge on any atom is -0.394 e. The highest BCUT2D eigenvalue weighted by molar-refractivity contribution is 7.10. The predicted molar refractivity (Wildman–Crippen MR) is 64.3 cm³/mol. The van der Waals surface area contributed by atoms with Gasteiger partial charge in [0.2, 0.25) is 0 Å². The van der Waals surface area contributed by atoms with Crippen molar-refractivity contribution >= 4 is 11.3 Å². The Balaban J connectivity index is 2.19. The molecule has 0 saturated carbocycles. The highest BCUT2D eigenvalue weighted by atomic mass is 32.1. The quantitative estimate of drug-likeness (QED) is 0.825. The van der Waals surface area contributed by atoms with Crippen LogP contribution in [0.1, 0.15) is 35.8 Å². The summed E-state index contributed by atoms with van der Waals surface area (Å²) in [5.41, 5.74) is 8.42. The van der Waals surface area contributed by atoms with Crippen molar-refractivity contribution in [2.24, 2.45) is 5.73 Å². The van der Waals surface area contributed by atoms with Crippen molar-refractivity contribution in [3.05, 3.63) is 21.4 Å². The Bertz CT molecular complexity index is 343. The molecule has 0 saturated heterocycles. The Labute approximate surface area is 95.1 Å². The number of rotatable bonds is 3. The number of nitrogens with two attached hydrogens (primary N) is 1. The highest BCUT2D eigenvalue weighted by Gasteiger charge is 2.22. The first-order valence-electron chi connectivity index (χ1n) is 5.60. The second-order valence-electron chi connectivity index (χ2n) is 4.86. The first-order valence-corrected chi connectivity index (χ1v) is 6.48. The van der Waals surface area contributed by atoms with Crippen LogP contribution in [-0.4, -0.2) is 17.3 Å². The van der Waals surface area contributed by atoms with Gasteiger partial charge in [0.05, 0.1) is 6.61 Å². The smallest absolute Gasteiger partial charge is 0.0611 e. The fraction of sp³-hybridized carbons (Fsp3) is 0.667. The number of hydrogen-bond acceptors (Lipinski definition) is 3. The van der Waals surface area contributed by atoms with Gasteiger partial charge in [0.1, 0.15) is 0 Å². The molecular weight excluding hydrogens is 206 g/mol. The van der Waals surface area contributed by atoms with Gasteiger partial charge >= 0.3 is 0 Å². The molecule has 0 spiro atoms. The number of aliphatic hydroxyl groups excluding tert-OH is 1. The summed E-state index contributed by atoms with van der Waals surface area (Å²) in [6, 6.07) is 0. The van der Waals surface area contributed by atoms with Gasteiger partial charge in [0, 0.05) is 10.4 Å². The normalized spacial score (nSPS) is 19.7. The van der Waals surface area contributed by atoms with Crippen LogP contribution in [0.15, 0.2) is 5.38 Å². The Morgan fingerprint density at radius 2 is 2.20 bits per heavy atom. The molecule has 2 nitrogen and oxygen atoms in total. The number of fused-ring (bicyclic) bond motifs is 1. The Kier molecular flexibility index (Phi) is 3.14. The van der Waals surface area contributed by atoms with Crippen molar-refractivity contribution in [3.8, 4) is 0 Å². The van der Waals surface area contributed by atoms with Crippen LogP contribution in [0.5, 0.6) is 0 Å². The molecule has 0 fully saturated rings. The first kappa shape index (κ1) is 11.1. The fourth-order valence-electron chi connectivity index (χ4n) is 2.20. The second-order valence-corrected chi connectivity index (χ2v) is 5.82. The van der Waals surface area contributed by atoms with Crippen LogP contribution in [0, 0.1) is 0 Å². The molecule has 1 heterocycles. The van der Waals surface area contributed by atoms with Crippen LogP contribution in [0.3, 0.4) is 0 Å². The summed E-state index contributed by atoms with van der Waals surface area (Å²) in [7, 11) is 0. The molecule has 84 valence electrons. The van der Waals surface area contributed by atoms with E-state index in [2.05, 4.69) is 5.38 Å². The zero-order valence-corrected chi connectivity index (χ0v) is 10.1. The molecule has 0 amide bonds. The average Bonchev–Trinajstić information content (AvgIpc) is 2.62. The Hall–Kier alpha value is -0.380. The molecule has 3 heteroatoms. The molecule has 1 aromatic heterocycles. The second kappa shape index (κ2) is 4.24. The van der Waals surface area contributed by atoms with Gasteiger partial charge in [-0.2, -0.15) is 0 Å². The number of aliphatic hydroxyl groups is 1. The van der Waals surface area contributed by atoms with E-state index in [0.29, 0.717) is 0 Å². The number of hydrogen-bond donors (Lipinski definition) is 2. The molecule has 2 rings (SSSR count).